The highest BCUT2D eigenvalue weighted by molar-refractivity contribution is 5.40. The van der Waals surface area contributed by atoms with Gasteiger partial charge in [0.25, 0.3) is 0 Å². The predicted octanol–water partition coefficient (Wildman–Crippen LogP) is 0.156. The first kappa shape index (κ1) is 15.7. The quantitative estimate of drug-likeness (QED) is 0.655. The van der Waals surface area contributed by atoms with Crippen LogP contribution in [0.5, 0.6) is 0 Å². The fraction of sp³-hybridized carbons (Fsp3) is 0.438. The summed E-state index contributed by atoms with van der Waals surface area (Å²) in [4.78, 5) is 4.73. The van der Waals surface area contributed by atoms with Crippen LogP contribution in [-0.4, -0.2) is 72.6 Å². The Morgan fingerprint density at radius 3 is 2.44 bits per heavy atom. The minimum atomic E-state index is 0.733. The molecule has 1 fully saturated rings. The fourth-order valence-corrected chi connectivity index (χ4v) is 3.00. The molecule has 0 aliphatic carbocycles. The summed E-state index contributed by atoms with van der Waals surface area (Å²) in [6.07, 6.45) is 6.51. The Morgan fingerprint density at radius 1 is 1.00 bits per heavy atom. The van der Waals surface area contributed by atoms with E-state index >= 15 is 0 Å². The van der Waals surface area contributed by atoms with E-state index in [1.165, 1.54) is 0 Å². The van der Waals surface area contributed by atoms with E-state index in [2.05, 4.69) is 35.4 Å². The zero-order valence-corrected chi connectivity index (χ0v) is 14.2. The van der Waals surface area contributed by atoms with Crippen molar-refractivity contribution in [2.24, 2.45) is 7.05 Å². The van der Waals surface area contributed by atoms with Crippen molar-refractivity contribution in [3.8, 4) is 5.82 Å². The molecule has 0 radical (unpaired) electrons. The third kappa shape index (κ3) is 3.66. The smallest absolute Gasteiger partial charge is 0.175 e. The van der Waals surface area contributed by atoms with Crippen LogP contribution in [0.4, 0.5) is 5.82 Å². The largest absolute Gasteiger partial charge is 0.353 e. The van der Waals surface area contributed by atoms with Crippen molar-refractivity contribution >= 4 is 5.82 Å². The molecule has 0 spiro atoms. The van der Waals surface area contributed by atoms with E-state index in [1.807, 2.05) is 37.6 Å². The first-order valence-electron chi connectivity index (χ1n) is 8.44. The van der Waals surface area contributed by atoms with Crippen molar-refractivity contribution in [3.63, 3.8) is 0 Å². The number of rotatable bonds is 5. The third-order valence-electron chi connectivity index (χ3n) is 4.41. The second kappa shape index (κ2) is 6.98. The topological polar surface area (TPSA) is 80.8 Å². The van der Waals surface area contributed by atoms with Crippen LogP contribution in [0.2, 0.25) is 0 Å². The van der Waals surface area contributed by atoms with Gasteiger partial charge in [0.15, 0.2) is 11.6 Å². The molecule has 3 aromatic heterocycles. The van der Waals surface area contributed by atoms with Crippen LogP contribution in [0.1, 0.15) is 5.69 Å². The van der Waals surface area contributed by atoms with Crippen LogP contribution in [0.15, 0.2) is 36.8 Å². The van der Waals surface area contributed by atoms with E-state index in [9.17, 15) is 0 Å². The van der Waals surface area contributed by atoms with Gasteiger partial charge in [0.05, 0.1) is 5.69 Å². The Hall–Kier alpha value is -2.81. The summed E-state index contributed by atoms with van der Waals surface area (Å²) in [5.74, 6) is 1.65. The first-order chi connectivity index (χ1) is 12.3. The SMILES string of the molecule is Cn1cc(CCN2CCN(c3ccc(-n4cccn4)nn3)CC2)nn1. The lowest BCUT2D eigenvalue weighted by atomic mass is 10.2. The molecule has 4 heterocycles. The minimum Gasteiger partial charge on any atom is -0.353 e. The Bertz CT molecular complexity index is 785. The molecule has 0 N–H and O–H groups in total. The molecule has 0 aromatic carbocycles. The number of hydrogen-bond donors (Lipinski definition) is 0. The maximum atomic E-state index is 4.36. The summed E-state index contributed by atoms with van der Waals surface area (Å²) in [6, 6.07) is 5.84. The second-order valence-electron chi connectivity index (χ2n) is 6.16. The zero-order chi connectivity index (χ0) is 17.1. The molecule has 3 aromatic rings. The molecular formula is C16H21N9. The van der Waals surface area contributed by atoms with Crippen LogP contribution >= 0.6 is 0 Å². The van der Waals surface area contributed by atoms with Crippen molar-refractivity contribution in [1.82, 2.24) is 39.9 Å². The maximum Gasteiger partial charge on any atom is 0.175 e. The van der Waals surface area contributed by atoms with Gasteiger partial charge in [0.1, 0.15) is 0 Å². The van der Waals surface area contributed by atoms with Gasteiger partial charge in [0.2, 0.25) is 0 Å². The molecule has 0 bridgehead atoms. The molecule has 4 rings (SSSR count). The van der Waals surface area contributed by atoms with Gasteiger partial charge in [-0.15, -0.1) is 15.3 Å². The first-order valence-corrected chi connectivity index (χ1v) is 8.44. The van der Waals surface area contributed by atoms with Crippen LogP contribution in [0, 0.1) is 0 Å². The molecule has 1 aliphatic heterocycles. The zero-order valence-electron chi connectivity index (χ0n) is 14.2. The molecule has 130 valence electrons. The van der Waals surface area contributed by atoms with E-state index in [4.69, 9.17) is 0 Å². The van der Waals surface area contributed by atoms with E-state index in [-0.39, 0.29) is 0 Å². The van der Waals surface area contributed by atoms with E-state index in [0.717, 1.165) is 56.5 Å². The van der Waals surface area contributed by atoms with Gasteiger partial charge in [-0.2, -0.15) is 5.10 Å². The van der Waals surface area contributed by atoms with Crippen molar-refractivity contribution in [2.45, 2.75) is 6.42 Å². The monoisotopic (exact) mass is 339 g/mol. The van der Waals surface area contributed by atoms with E-state index in [1.54, 1.807) is 15.6 Å². The van der Waals surface area contributed by atoms with Crippen LogP contribution in [0.3, 0.4) is 0 Å². The average molecular weight is 339 g/mol. The van der Waals surface area contributed by atoms with Crippen molar-refractivity contribution < 1.29 is 0 Å². The van der Waals surface area contributed by atoms with Crippen molar-refractivity contribution in [3.05, 3.63) is 42.5 Å². The fourth-order valence-electron chi connectivity index (χ4n) is 3.00. The summed E-state index contributed by atoms with van der Waals surface area (Å²) in [6.45, 7) is 4.95. The predicted molar refractivity (Wildman–Crippen MR) is 92.5 cm³/mol. The summed E-state index contributed by atoms with van der Waals surface area (Å²) in [7, 11) is 1.90. The lowest BCUT2D eigenvalue weighted by Crippen LogP contribution is -2.47. The highest BCUT2D eigenvalue weighted by Gasteiger charge is 2.18. The number of aromatic nitrogens is 7. The number of anilines is 1. The maximum absolute atomic E-state index is 4.36. The number of hydrogen-bond acceptors (Lipinski definition) is 7. The average Bonchev–Trinajstić information content (AvgIpc) is 3.32. The van der Waals surface area contributed by atoms with Crippen LogP contribution in [-0.2, 0) is 13.5 Å². The summed E-state index contributed by atoms with van der Waals surface area (Å²) in [5.41, 5.74) is 1.05. The summed E-state index contributed by atoms with van der Waals surface area (Å²) >= 11 is 0. The summed E-state index contributed by atoms with van der Waals surface area (Å²) < 4.78 is 3.46. The molecule has 9 nitrogen and oxygen atoms in total. The van der Waals surface area contributed by atoms with Gasteiger partial charge in [-0.25, -0.2) is 4.68 Å². The molecule has 25 heavy (non-hydrogen) atoms. The molecular weight excluding hydrogens is 318 g/mol. The summed E-state index contributed by atoms with van der Waals surface area (Å²) in [5, 5.41) is 20.9. The number of nitrogens with zero attached hydrogens (tertiary/aromatic N) is 9. The lowest BCUT2D eigenvalue weighted by molar-refractivity contribution is 0.259. The number of aryl methyl sites for hydroxylation is 1. The van der Waals surface area contributed by atoms with Gasteiger partial charge in [-0.1, -0.05) is 5.21 Å². The highest BCUT2D eigenvalue weighted by Crippen LogP contribution is 2.14. The molecule has 0 amide bonds. The van der Waals surface area contributed by atoms with E-state index in [0.29, 0.717) is 0 Å². The normalized spacial score (nSPS) is 15.6. The van der Waals surface area contributed by atoms with Gasteiger partial charge < -0.3 is 4.90 Å². The third-order valence-corrected chi connectivity index (χ3v) is 4.41. The van der Waals surface area contributed by atoms with Gasteiger partial charge in [-0.3, -0.25) is 9.58 Å². The molecule has 0 saturated carbocycles. The molecule has 0 atom stereocenters. The Labute approximate surface area is 145 Å². The van der Waals surface area contributed by atoms with Crippen LogP contribution in [0.25, 0.3) is 5.82 Å². The second-order valence-corrected chi connectivity index (χ2v) is 6.16. The Morgan fingerprint density at radius 2 is 1.80 bits per heavy atom. The van der Waals surface area contributed by atoms with Crippen molar-refractivity contribution in [2.75, 3.05) is 37.6 Å². The molecule has 0 unspecified atom stereocenters. The Kier molecular flexibility index (Phi) is 4.38. The molecule has 9 heteroatoms. The standard InChI is InChI=1S/C16H21N9/c1-22-13-14(18-21-22)5-8-23-9-11-24(12-10-23)15-3-4-16(20-19-15)25-7-2-6-17-25/h2-4,6-7,13H,5,8-12H2,1H3. The minimum absolute atomic E-state index is 0.733. The van der Waals surface area contributed by atoms with E-state index < -0.39 is 0 Å². The Balaban J connectivity index is 1.29. The van der Waals surface area contributed by atoms with Crippen LogP contribution < -0.4 is 4.90 Å². The van der Waals surface area contributed by atoms with Gasteiger partial charge >= 0.3 is 0 Å². The van der Waals surface area contributed by atoms with Gasteiger partial charge in [0, 0.05) is 64.8 Å². The number of piperazine rings is 1. The van der Waals surface area contributed by atoms with Gasteiger partial charge in [-0.05, 0) is 18.2 Å². The van der Waals surface area contributed by atoms with Crippen molar-refractivity contribution in [1.29, 1.82) is 0 Å². The highest BCUT2D eigenvalue weighted by atomic mass is 15.4. The molecule has 1 aliphatic rings. The molecule has 1 saturated heterocycles. The lowest BCUT2D eigenvalue weighted by Gasteiger charge is -2.35.